The zero-order valence-corrected chi connectivity index (χ0v) is 10.2. The highest BCUT2D eigenvalue weighted by molar-refractivity contribution is 5.76. The monoisotopic (exact) mass is 233 g/mol. The minimum atomic E-state index is 0.241. The van der Waals surface area contributed by atoms with Crippen molar-refractivity contribution in [2.24, 2.45) is 0 Å². The molecule has 1 aliphatic heterocycles. The first-order valence-corrected chi connectivity index (χ1v) is 6.09. The van der Waals surface area contributed by atoms with Gasteiger partial charge in [0.15, 0.2) is 0 Å². The van der Waals surface area contributed by atoms with Crippen molar-refractivity contribution in [1.29, 1.82) is 0 Å². The quantitative estimate of drug-likeness (QED) is 0.784. The van der Waals surface area contributed by atoms with Crippen LogP contribution in [0.2, 0.25) is 0 Å². The van der Waals surface area contributed by atoms with Crippen LogP contribution in [-0.2, 0) is 4.79 Å². The lowest BCUT2D eigenvalue weighted by molar-refractivity contribution is -0.131. The van der Waals surface area contributed by atoms with Crippen molar-refractivity contribution < 1.29 is 4.79 Å². The normalized spacial score (nSPS) is 16.1. The predicted molar refractivity (Wildman–Crippen MR) is 69.9 cm³/mol. The van der Waals surface area contributed by atoms with Crippen LogP contribution in [0.15, 0.2) is 24.3 Å². The molecular weight excluding hydrogens is 214 g/mol. The molecule has 4 nitrogen and oxygen atoms in total. The molecule has 2 rings (SSSR count). The fourth-order valence-electron chi connectivity index (χ4n) is 2.20. The van der Waals surface area contributed by atoms with Gasteiger partial charge in [0.1, 0.15) is 0 Å². The van der Waals surface area contributed by atoms with Crippen LogP contribution in [-0.4, -0.2) is 37.0 Å². The summed E-state index contributed by atoms with van der Waals surface area (Å²) in [6.45, 7) is 5.21. The van der Waals surface area contributed by atoms with E-state index in [4.69, 9.17) is 5.73 Å². The molecule has 1 fully saturated rings. The molecule has 0 aromatic heterocycles. The van der Waals surface area contributed by atoms with Crippen LogP contribution >= 0.6 is 0 Å². The van der Waals surface area contributed by atoms with Crippen LogP contribution in [0.1, 0.15) is 13.3 Å². The summed E-state index contributed by atoms with van der Waals surface area (Å²) in [5.74, 6) is 0.241. The molecule has 1 saturated heterocycles. The number of para-hydroxylation sites is 2. The summed E-state index contributed by atoms with van der Waals surface area (Å²) in [6.07, 6.45) is 0.591. The van der Waals surface area contributed by atoms with Gasteiger partial charge in [-0.25, -0.2) is 0 Å². The van der Waals surface area contributed by atoms with Gasteiger partial charge in [-0.05, 0) is 12.1 Å². The minimum absolute atomic E-state index is 0.241. The number of carbonyl (C=O) groups excluding carboxylic acids is 1. The lowest BCUT2D eigenvalue weighted by Gasteiger charge is -2.36. The number of hydrogen-bond acceptors (Lipinski definition) is 3. The summed E-state index contributed by atoms with van der Waals surface area (Å²) in [6, 6.07) is 7.89. The number of carbonyl (C=O) groups is 1. The number of benzene rings is 1. The van der Waals surface area contributed by atoms with Gasteiger partial charge in [0.25, 0.3) is 0 Å². The van der Waals surface area contributed by atoms with Crippen LogP contribution < -0.4 is 10.6 Å². The highest BCUT2D eigenvalue weighted by Gasteiger charge is 2.20. The summed E-state index contributed by atoms with van der Waals surface area (Å²) in [5, 5.41) is 0. The Labute approximate surface area is 102 Å². The molecule has 4 heteroatoms. The molecule has 17 heavy (non-hydrogen) atoms. The average Bonchev–Trinajstić information content (AvgIpc) is 2.39. The molecule has 0 bridgehead atoms. The summed E-state index contributed by atoms with van der Waals surface area (Å²) < 4.78 is 0. The molecule has 1 aromatic carbocycles. The first-order valence-electron chi connectivity index (χ1n) is 6.09. The number of anilines is 2. The van der Waals surface area contributed by atoms with Gasteiger partial charge in [0.2, 0.25) is 5.91 Å². The van der Waals surface area contributed by atoms with Gasteiger partial charge in [0.05, 0.1) is 11.4 Å². The van der Waals surface area contributed by atoms with Crippen molar-refractivity contribution in [3.05, 3.63) is 24.3 Å². The smallest absolute Gasteiger partial charge is 0.222 e. The molecular formula is C13H19N3O. The molecule has 1 amide bonds. The summed E-state index contributed by atoms with van der Waals surface area (Å²) in [5.41, 5.74) is 7.84. The number of rotatable bonds is 2. The molecule has 1 aliphatic rings. The fraction of sp³-hybridized carbons (Fsp3) is 0.462. The second-order valence-corrected chi connectivity index (χ2v) is 4.28. The Balaban J connectivity index is 2.00. The molecule has 1 heterocycles. The molecule has 0 atom stereocenters. The van der Waals surface area contributed by atoms with E-state index in [0.29, 0.717) is 6.42 Å². The standard InChI is InChI=1S/C13H19N3O/c1-2-13(17)16-9-7-15(8-10-16)12-6-4-3-5-11(12)14/h3-6H,2,7-10,14H2,1H3. The van der Waals surface area contributed by atoms with E-state index in [-0.39, 0.29) is 5.91 Å². The number of nitrogens with zero attached hydrogens (tertiary/aromatic N) is 2. The van der Waals surface area contributed by atoms with Crippen molar-refractivity contribution in [1.82, 2.24) is 4.90 Å². The Bertz CT molecular complexity index is 397. The molecule has 0 radical (unpaired) electrons. The summed E-state index contributed by atoms with van der Waals surface area (Å²) in [7, 11) is 0. The predicted octanol–water partition coefficient (Wildman–Crippen LogP) is 1.33. The van der Waals surface area contributed by atoms with E-state index in [1.807, 2.05) is 36.1 Å². The zero-order chi connectivity index (χ0) is 12.3. The lowest BCUT2D eigenvalue weighted by Crippen LogP contribution is -2.48. The van der Waals surface area contributed by atoms with Gasteiger partial charge in [-0.3, -0.25) is 4.79 Å². The van der Waals surface area contributed by atoms with Crippen molar-refractivity contribution in [3.8, 4) is 0 Å². The molecule has 0 unspecified atom stereocenters. The Morgan fingerprint density at radius 2 is 1.88 bits per heavy atom. The van der Waals surface area contributed by atoms with Gasteiger partial charge < -0.3 is 15.5 Å². The zero-order valence-electron chi connectivity index (χ0n) is 10.2. The SMILES string of the molecule is CCC(=O)N1CCN(c2ccccc2N)CC1. The molecule has 1 aromatic rings. The largest absolute Gasteiger partial charge is 0.397 e. The van der Waals surface area contributed by atoms with E-state index < -0.39 is 0 Å². The van der Waals surface area contributed by atoms with Crippen molar-refractivity contribution in [3.63, 3.8) is 0 Å². The number of piperazine rings is 1. The third-order valence-electron chi connectivity index (χ3n) is 3.21. The maximum atomic E-state index is 11.6. The van der Waals surface area contributed by atoms with E-state index in [2.05, 4.69) is 4.90 Å². The third kappa shape index (κ3) is 2.52. The Morgan fingerprint density at radius 3 is 2.47 bits per heavy atom. The Kier molecular flexibility index (Phi) is 3.52. The highest BCUT2D eigenvalue weighted by atomic mass is 16.2. The Hall–Kier alpha value is -1.71. The molecule has 0 spiro atoms. The van der Waals surface area contributed by atoms with Gasteiger partial charge in [-0.2, -0.15) is 0 Å². The minimum Gasteiger partial charge on any atom is -0.397 e. The topological polar surface area (TPSA) is 49.6 Å². The van der Waals surface area contributed by atoms with E-state index >= 15 is 0 Å². The summed E-state index contributed by atoms with van der Waals surface area (Å²) >= 11 is 0. The van der Waals surface area contributed by atoms with Crippen molar-refractivity contribution in [2.75, 3.05) is 36.8 Å². The van der Waals surface area contributed by atoms with Gasteiger partial charge >= 0.3 is 0 Å². The number of hydrogen-bond donors (Lipinski definition) is 1. The van der Waals surface area contributed by atoms with Crippen LogP contribution in [0, 0.1) is 0 Å². The second-order valence-electron chi connectivity index (χ2n) is 4.28. The molecule has 92 valence electrons. The van der Waals surface area contributed by atoms with Crippen LogP contribution in [0.3, 0.4) is 0 Å². The van der Waals surface area contributed by atoms with E-state index in [9.17, 15) is 4.79 Å². The van der Waals surface area contributed by atoms with Gasteiger partial charge in [-0.15, -0.1) is 0 Å². The van der Waals surface area contributed by atoms with Gasteiger partial charge in [-0.1, -0.05) is 19.1 Å². The third-order valence-corrected chi connectivity index (χ3v) is 3.21. The number of nitrogens with two attached hydrogens (primary N) is 1. The van der Waals surface area contributed by atoms with Crippen LogP contribution in [0.5, 0.6) is 0 Å². The van der Waals surface area contributed by atoms with E-state index in [1.54, 1.807) is 0 Å². The first kappa shape index (κ1) is 11.8. The lowest BCUT2D eigenvalue weighted by atomic mass is 10.2. The second kappa shape index (κ2) is 5.08. The van der Waals surface area contributed by atoms with Crippen LogP contribution in [0.25, 0.3) is 0 Å². The van der Waals surface area contributed by atoms with Crippen molar-refractivity contribution >= 4 is 17.3 Å². The fourth-order valence-corrected chi connectivity index (χ4v) is 2.20. The molecule has 0 aliphatic carbocycles. The van der Waals surface area contributed by atoms with Gasteiger partial charge in [0, 0.05) is 32.6 Å². The van der Waals surface area contributed by atoms with Crippen LogP contribution in [0.4, 0.5) is 11.4 Å². The maximum Gasteiger partial charge on any atom is 0.222 e. The number of nitrogen functional groups attached to an aromatic ring is 1. The average molecular weight is 233 g/mol. The molecule has 2 N–H and O–H groups in total. The van der Waals surface area contributed by atoms with E-state index in [1.165, 1.54) is 0 Å². The number of amides is 1. The maximum absolute atomic E-state index is 11.6. The van der Waals surface area contributed by atoms with E-state index in [0.717, 1.165) is 37.6 Å². The van der Waals surface area contributed by atoms with Crippen molar-refractivity contribution in [2.45, 2.75) is 13.3 Å². The summed E-state index contributed by atoms with van der Waals surface area (Å²) in [4.78, 5) is 15.7. The molecule has 0 saturated carbocycles. The highest BCUT2D eigenvalue weighted by Crippen LogP contribution is 2.23. The Morgan fingerprint density at radius 1 is 1.24 bits per heavy atom. The first-order chi connectivity index (χ1) is 8.22.